The highest BCUT2D eigenvalue weighted by Crippen LogP contribution is 2.17. The van der Waals surface area contributed by atoms with Gasteiger partial charge in [0.15, 0.2) is 6.54 Å². The topological polar surface area (TPSA) is 33.5 Å². The molecule has 2 N–H and O–H groups in total. The van der Waals surface area contributed by atoms with Crippen molar-refractivity contribution in [1.29, 1.82) is 0 Å². The highest BCUT2D eigenvalue weighted by atomic mass is 32.1. The standard InChI is InChI=1S/C14H22N2OS/c1-11-7-8-18-13(11)9-16(2)10-14(17)15-12-5-3-4-6-12/h7-8,12H,3-6,9-10H2,1-2H3,(H,15,17)/p+1. The van der Waals surface area contributed by atoms with Crippen molar-refractivity contribution in [3.63, 3.8) is 0 Å². The summed E-state index contributed by atoms with van der Waals surface area (Å²) in [5, 5.41) is 5.27. The van der Waals surface area contributed by atoms with Crippen molar-refractivity contribution in [3.8, 4) is 0 Å². The van der Waals surface area contributed by atoms with E-state index in [1.165, 1.54) is 28.2 Å². The summed E-state index contributed by atoms with van der Waals surface area (Å²) in [7, 11) is 2.09. The molecule has 1 aromatic heterocycles. The highest BCUT2D eigenvalue weighted by molar-refractivity contribution is 7.10. The number of hydrogen-bond donors (Lipinski definition) is 2. The van der Waals surface area contributed by atoms with Crippen LogP contribution in [-0.4, -0.2) is 25.5 Å². The third-order valence-corrected chi connectivity index (χ3v) is 4.64. The zero-order chi connectivity index (χ0) is 13.0. The smallest absolute Gasteiger partial charge is 0.275 e. The Labute approximate surface area is 113 Å². The van der Waals surface area contributed by atoms with Gasteiger partial charge in [-0.15, -0.1) is 11.3 Å². The summed E-state index contributed by atoms with van der Waals surface area (Å²) < 4.78 is 0. The van der Waals surface area contributed by atoms with Gasteiger partial charge in [-0.3, -0.25) is 4.79 Å². The number of nitrogens with one attached hydrogen (secondary N) is 2. The molecule has 4 heteroatoms. The average molecular weight is 267 g/mol. The normalized spacial score (nSPS) is 17.9. The van der Waals surface area contributed by atoms with Crippen LogP contribution in [0.1, 0.15) is 36.1 Å². The fourth-order valence-corrected chi connectivity index (χ4v) is 3.56. The second-order valence-corrected chi connectivity index (χ2v) is 6.39. The highest BCUT2D eigenvalue weighted by Gasteiger charge is 2.19. The van der Waals surface area contributed by atoms with E-state index in [1.54, 1.807) is 11.3 Å². The lowest BCUT2D eigenvalue weighted by molar-refractivity contribution is -0.885. The lowest BCUT2D eigenvalue weighted by Crippen LogP contribution is -3.08. The van der Waals surface area contributed by atoms with Gasteiger partial charge < -0.3 is 10.2 Å². The molecule has 0 spiro atoms. The zero-order valence-corrected chi connectivity index (χ0v) is 12.1. The van der Waals surface area contributed by atoms with E-state index in [4.69, 9.17) is 0 Å². The number of hydrogen-bond acceptors (Lipinski definition) is 2. The second kappa shape index (κ2) is 6.34. The SMILES string of the molecule is Cc1ccsc1C[NH+](C)CC(=O)NC1CCCC1. The second-order valence-electron chi connectivity index (χ2n) is 5.39. The van der Waals surface area contributed by atoms with Crippen LogP contribution >= 0.6 is 11.3 Å². The van der Waals surface area contributed by atoms with E-state index in [-0.39, 0.29) is 5.91 Å². The molecule has 0 saturated heterocycles. The van der Waals surface area contributed by atoms with Gasteiger partial charge >= 0.3 is 0 Å². The minimum absolute atomic E-state index is 0.202. The van der Waals surface area contributed by atoms with Gasteiger partial charge in [-0.25, -0.2) is 0 Å². The lowest BCUT2D eigenvalue weighted by atomic mass is 10.2. The van der Waals surface area contributed by atoms with Gasteiger partial charge in [0.05, 0.1) is 11.9 Å². The van der Waals surface area contributed by atoms with Crippen LogP contribution in [-0.2, 0) is 11.3 Å². The minimum atomic E-state index is 0.202. The summed E-state index contributed by atoms with van der Waals surface area (Å²) in [5.74, 6) is 0.202. The van der Waals surface area contributed by atoms with E-state index >= 15 is 0 Å². The van der Waals surface area contributed by atoms with Crippen molar-refractivity contribution in [1.82, 2.24) is 5.32 Å². The first-order valence-electron chi connectivity index (χ1n) is 6.79. The monoisotopic (exact) mass is 267 g/mol. The van der Waals surface area contributed by atoms with Crippen LogP contribution in [0.15, 0.2) is 11.4 Å². The molecule has 0 radical (unpaired) electrons. The Kier molecular flexibility index (Phi) is 4.78. The average Bonchev–Trinajstić information content (AvgIpc) is 2.91. The molecule has 1 saturated carbocycles. The number of aryl methyl sites for hydroxylation is 1. The van der Waals surface area contributed by atoms with E-state index in [0.717, 1.165) is 19.4 Å². The Morgan fingerprint density at radius 3 is 2.83 bits per heavy atom. The number of carbonyl (C=O) groups excluding carboxylic acids is 1. The predicted molar refractivity (Wildman–Crippen MR) is 74.9 cm³/mol. The van der Waals surface area contributed by atoms with Gasteiger partial charge in [-0.1, -0.05) is 12.8 Å². The fraction of sp³-hybridized carbons (Fsp3) is 0.643. The van der Waals surface area contributed by atoms with Crippen LogP contribution in [0.4, 0.5) is 0 Å². The van der Waals surface area contributed by atoms with Crippen molar-refractivity contribution in [3.05, 3.63) is 21.9 Å². The predicted octanol–water partition coefficient (Wildman–Crippen LogP) is 1.13. The maximum Gasteiger partial charge on any atom is 0.275 e. The summed E-state index contributed by atoms with van der Waals surface area (Å²) in [5.41, 5.74) is 1.34. The molecular weight excluding hydrogens is 244 g/mol. The molecule has 0 bridgehead atoms. The van der Waals surface area contributed by atoms with Crippen LogP contribution in [0.25, 0.3) is 0 Å². The molecule has 0 aliphatic heterocycles. The zero-order valence-electron chi connectivity index (χ0n) is 11.3. The minimum Gasteiger partial charge on any atom is -0.348 e. The van der Waals surface area contributed by atoms with E-state index in [1.807, 2.05) is 0 Å². The molecule has 1 unspecified atom stereocenters. The van der Waals surface area contributed by atoms with E-state index in [0.29, 0.717) is 12.6 Å². The number of likely N-dealkylation sites (N-methyl/N-ethyl adjacent to an activating group) is 1. The summed E-state index contributed by atoms with van der Waals surface area (Å²) in [4.78, 5) is 14.5. The van der Waals surface area contributed by atoms with Crippen molar-refractivity contribution in [2.45, 2.75) is 45.2 Å². The summed E-state index contributed by atoms with van der Waals surface area (Å²) in [6, 6.07) is 2.58. The van der Waals surface area contributed by atoms with E-state index in [9.17, 15) is 4.79 Å². The van der Waals surface area contributed by atoms with Crippen molar-refractivity contribution < 1.29 is 9.69 Å². The molecule has 0 aromatic carbocycles. The summed E-state index contributed by atoms with van der Waals surface area (Å²) in [6.07, 6.45) is 4.85. The quantitative estimate of drug-likeness (QED) is 0.824. The summed E-state index contributed by atoms with van der Waals surface area (Å²) in [6.45, 7) is 3.66. The Balaban J connectivity index is 1.74. The van der Waals surface area contributed by atoms with Crippen LogP contribution in [0.3, 0.4) is 0 Å². The number of quaternary nitrogens is 1. The first-order valence-corrected chi connectivity index (χ1v) is 7.66. The lowest BCUT2D eigenvalue weighted by Gasteiger charge is -2.16. The van der Waals surface area contributed by atoms with E-state index < -0.39 is 0 Å². The van der Waals surface area contributed by atoms with Gasteiger partial charge in [-0.05, 0) is 36.8 Å². The number of thiophene rings is 1. The Bertz CT molecular complexity index is 396. The molecule has 3 nitrogen and oxygen atoms in total. The molecule has 1 fully saturated rings. The molecule has 1 aliphatic carbocycles. The Morgan fingerprint density at radius 2 is 2.22 bits per heavy atom. The van der Waals surface area contributed by atoms with Gasteiger partial charge in [0.2, 0.25) is 0 Å². The molecule has 1 heterocycles. The maximum atomic E-state index is 11.9. The third-order valence-electron chi connectivity index (χ3n) is 3.61. The van der Waals surface area contributed by atoms with Crippen LogP contribution < -0.4 is 10.2 Å². The van der Waals surface area contributed by atoms with Gasteiger partial charge in [0.1, 0.15) is 6.54 Å². The molecule has 1 aliphatic rings. The van der Waals surface area contributed by atoms with Crippen molar-refractivity contribution >= 4 is 17.2 Å². The van der Waals surface area contributed by atoms with Crippen molar-refractivity contribution in [2.75, 3.05) is 13.6 Å². The third kappa shape index (κ3) is 3.82. The molecule has 100 valence electrons. The molecule has 18 heavy (non-hydrogen) atoms. The largest absolute Gasteiger partial charge is 0.348 e. The van der Waals surface area contributed by atoms with E-state index in [2.05, 4.69) is 30.7 Å². The summed E-state index contributed by atoms with van der Waals surface area (Å²) >= 11 is 1.79. The number of amides is 1. The first kappa shape index (κ1) is 13.6. The molecule has 2 rings (SSSR count). The molecule has 1 aromatic rings. The molecule has 1 amide bonds. The number of carbonyl (C=O) groups is 1. The Morgan fingerprint density at radius 1 is 1.50 bits per heavy atom. The Hall–Kier alpha value is -0.870. The van der Waals surface area contributed by atoms with Crippen molar-refractivity contribution in [2.24, 2.45) is 0 Å². The fourth-order valence-electron chi connectivity index (χ4n) is 2.54. The molecule has 1 atom stereocenters. The number of rotatable bonds is 5. The van der Waals surface area contributed by atoms with Gasteiger partial charge in [-0.2, -0.15) is 0 Å². The van der Waals surface area contributed by atoms with Gasteiger partial charge in [0, 0.05) is 6.04 Å². The molecular formula is C14H23N2OS+. The van der Waals surface area contributed by atoms with Crippen LogP contribution in [0.5, 0.6) is 0 Å². The van der Waals surface area contributed by atoms with Crippen LogP contribution in [0, 0.1) is 6.92 Å². The maximum absolute atomic E-state index is 11.9. The van der Waals surface area contributed by atoms with Gasteiger partial charge in [0.25, 0.3) is 5.91 Å². The van der Waals surface area contributed by atoms with Crippen LogP contribution in [0.2, 0.25) is 0 Å². The first-order chi connectivity index (χ1) is 8.65.